The third-order valence-electron chi connectivity index (χ3n) is 1.94. The van der Waals surface area contributed by atoms with E-state index in [4.69, 9.17) is 16.7 Å². The minimum Gasteiger partial charge on any atom is -0.475 e. The van der Waals surface area contributed by atoms with Crippen LogP contribution >= 0.6 is 11.6 Å². The van der Waals surface area contributed by atoms with Crippen LogP contribution in [0, 0.1) is 0 Å². The van der Waals surface area contributed by atoms with Crippen molar-refractivity contribution < 1.29 is 27.9 Å². The van der Waals surface area contributed by atoms with E-state index in [0.717, 1.165) is 12.1 Å². The molecular weight excluding hydrogens is 261 g/mol. The molecule has 3 nitrogen and oxygen atoms in total. The summed E-state index contributed by atoms with van der Waals surface area (Å²) in [6.07, 6.45) is -5.07. The monoisotopic (exact) mass is 266 g/mol. The molecule has 0 atom stereocenters. The number of carbonyl (C=O) groups excluding carboxylic acids is 1. The van der Waals surface area contributed by atoms with E-state index in [2.05, 4.69) is 0 Å². The Balaban J connectivity index is 2.98. The molecule has 17 heavy (non-hydrogen) atoms. The number of carbonyl (C=O) groups is 2. The van der Waals surface area contributed by atoms with Gasteiger partial charge < -0.3 is 5.11 Å². The smallest absolute Gasteiger partial charge is 0.417 e. The molecule has 0 spiro atoms. The van der Waals surface area contributed by atoms with Gasteiger partial charge >= 0.3 is 12.1 Å². The number of halogens is 4. The largest absolute Gasteiger partial charge is 0.475 e. The summed E-state index contributed by atoms with van der Waals surface area (Å²) in [7, 11) is 0. The maximum atomic E-state index is 12.3. The van der Waals surface area contributed by atoms with Crippen molar-refractivity contribution in [2.45, 2.75) is 12.6 Å². The number of carboxylic acids is 1. The number of rotatable bonds is 3. The molecule has 0 unspecified atom stereocenters. The van der Waals surface area contributed by atoms with E-state index < -0.39 is 34.9 Å². The van der Waals surface area contributed by atoms with Gasteiger partial charge in [0.2, 0.25) is 5.78 Å². The van der Waals surface area contributed by atoms with Crippen molar-refractivity contribution in [1.29, 1.82) is 0 Å². The maximum Gasteiger partial charge on any atom is 0.417 e. The number of ketones is 1. The van der Waals surface area contributed by atoms with E-state index in [-0.39, 0.29) is 5.56 Å². The van der Waals surface area contributed by atoms with Crippen molar-refractivity contribution in [1.82, 2.24) is 0 Å². The summed E-state index contributed by atoms with van der Waals surface area (Å²) in [5, 5.41) is 7.77. The van der Waals surface area contributed by atoms with Crippen molar-refractivity contribution in [2.24, 2.45) is 0 Å². The number of hydrogen-bond donors (Lipinski definition) is 1. The summed E-state index contributed by atoms with van der Waals surface area (Å²) in [6.45, 7) is 0. The van der Waals surface area contributed by atoms with Gasteiger partial charge in [-0.15, -0.1) is 0 Å². The molecule has 0 radical (unpaired) electrons. The number of benzene rings is 1. The Labute approximate surface area is 98.8 Å². The molecule has 0 saturated carbocycles. The summed E-state index contributed by atoms with van der Waals surface area (Å²) in [4.78, 5) is 21.1. The third-order valence-corrected chi connectivity index (χ3v) is 2.25. The zero-order chi connectivity index (χ0) is 13.2. The highest BCUT2D eigenvalue weighted by atomic mass is 35.5. The van der Waals surface area contributed by atoms with E-state index in [1.807, 2.05) is 0 Å². The zero-order valence-electron chi connectivity index (χ0n) is 8.21. The lowest BCUT2D eigenvalue weighted by atomic mass is 10.1. The predicted octanol–water partition coefficient (Wildman–Crippen LogP) is 2.56. The highest BCUT2D eigenvalue weighted by Gasteiger charge is 2.33. The molecule has 1 aromatic carbocycles. The molecule has 0 saturated heterocycles. The van der Waals surface area contributed by atoms with Crippen LogP contribution in [0.15, 0.2) is 18.2 Å². The maximum absolute atomic E-state index is 12.3. The van der Waals surface area contributed by atoms with Gasteiger partial charge in [-0.05, 0) is 17.7 Å². The molecule has 0 aliphatic heterocycles. The number of Topliss-reactive ketones (excluding diaryl/α,β-unsaturated/α-hetero) is 1. The van der Waals surface area contributed by atoms with Gasteiger partial charge in [0.1, 0.15) is 0 Å². The van der Waals surface area contributed by atoms with Gasteiger partial charge in [-0.25, -0.2) is 4.79 Å². The molecule has 0 amide bonds. The van der Waals surface area contributed by atoms with Gasteiger partial charge in [0.15, 0.2) is 0 Å². The van der Waals surface area contributed by atoms with Crippen LogP contribution in [0.5, 0.6) is 0 Å². The van der Waals surface area contributed by atoms with E-state index in [1.54, 1.807) is 0 Å². The van der Waals surface area contributed by atoms with Crippen LogP contribution in [0.2, 0.25) is 5.02 Å². The van der Waals surface area contributed by atoms with E-state index >= 15 is 0 Å². The lowest BCUT2D eigenvalue weighted by Gasteiger charge is -2.09. The van der Waals surface area contributed by atoms with Crippen molar-refractivity contribution >= 4 is 23.4 Å². The summed E-state index contributed by atoms with van der Waals surface area (Å²) >= 11 is 5.40. The van der Waals surface area contributed by atoms with Crippen LogP contribution in [0.1, 0.15) is 11.1 Å². The van der Waals surface area contributed by atoms with E-state index in [9.17, 15) is 22.8 Å². The Hall–Kier alpha value is -1.56. The molecule has 0 aromatic heterocycles. The molecule has 0 aliphatic carbocycles. The van der Waals surface area contributed by atoms with Crippen molar-refractivity contribution in [2.75, 3.05) is 0 Å². The minimum absolute atomic E-state index is 0.121. The Morgan fingerprint density at radius 1 is 1.29 bits per heavy atom. The average molecular weight is 267 g/mol. The van der Waals surface area contributed by atoms with Gasteiger partial charge in [-0.3, -0.25) is 4.79 Å². The molecule has 92 valence electrons. The topological polar surface area (TPSA) is 54.4 Å². The molecular formula is C10H6ClF3O3. The standard InChI is InChI=1S/C10H6ClF3O3/c11-7-3-5(4-8(15)9(16)17)1-2-6(7)10(12,13)14/h1-3H,4H2,(H,16,17). The first-order valence-electron chi connectivity index (χ1n) is 4.33. The van der Waals surface area contributed by atoms with Crippen LogP contribution in [0.25, 0.3) is 0 Å². The first-order valence-corrected chi connectivity index (χ1v) is 4.71. The SMILES string of the molecule is O=C(O)C(=O)Cc1ccc(C(F)(F)F)c(Cl)c1. The molecule has 0 bridgehead atoms. The van der Waals surface area contributed by atoms with Gasteiger partial charge in [0.05, 0.1) is 10.6 Å². The second-order valence-corrected chi connectivity index (χ2v) is 3.62. The number of alkyl halides is 3. The summed E-state index contributed by atoms with van der Waals surface area (Å²) in [5.41, 5.74) is -0.902. The lowest BCUT2D eigenvalue weighted by Crippen LogP contribution is -2.15. The van der Waals surface area contributed by atoms with E-state index in [0.29, 0.717) is 6.07 Å². The molecule has 7 heteroatoms. The molecule has 1 aromatic rings. The van der Waals surface area contributed by atoms with Crippen LogP contribution in [-0.2, 0) is 22.2 Å². The minimum atomic E-state index is -4.58. The van der Waals surface area contributed by atoms with Crippen molar-refractivity contribution in [3.05, 3.63) is 34.3 Å². The van der Waals surface area contributed by atoms with Crippen LogP contribution < -0.4 is 0 Å². The van der Waals surface area contributed by atoms with Crippen molar-refractivity contribution in [3.63, 3.8) is 0 Å². The molecule has 1 N–H and O–H groups in total. The summed E-state index contributed by atoms with van der Waals surface area (Å²) in [6, 6.07) is 2.67. The van der Waals surface area contributed by atoms with E-state index in [1.165, 1.54) is 0 Å². The molecule has 0 heterocycles. The number of aliphatic carboxylic acids is 1. The first-order chi connectivity index (χ1) is 7.71. The fourth-order valence-corrected chi connectivity index (χ4v) is 1.47. The van der Waals surface area contributed by atoms with Gasteiger partial charge in [0, 0.05) is 6.42 Å². The Kier molecular flexibility index (Phi) is 3.77. The highest BCUT2D eigenvalue weighted by molar-refractivity contribution is 6.33. The van der Waals surface area contributed by atoms with Crippen LogP contribution in [0.4, 0.5) is 13.2 Å². The van der Waals surface area contributed by atoms with Crippen molar-refractivity contribution in [3.8, 4) is 0 Å². The molecule has 0 aliphatic rings. The normalized spacial score (nSPS) is 11.3. The second kappa shape index (κ2) is 4.75. The predicted molar refractivity (Wildman–Crippen MR) is 52.8 cm³/mol. The summed E-state index contributed by atoms with van der Waals surface area (Å²) < 4.78 is 37.0. The number of carboxylic acid groups (broad SMARTS) is 1. The Bertz CT molecular complexity index is 468. The number of hydrogen-bond acceptors (Lipinski definition) is 2. The van der Waals surface area contributed by atoms with Gasteiger partial charge in [-0.1, -0.05) is 17.7 Å². The Morgan fingerprint density at radius 2 is 1.88 bits per heavy atom. The quantitative estimate of drug-likeness (QED) is 0.856. The van der Waals surface area contributed by atoms with Gasteiger partial charge in [-0.2, -0.15) is 13.2 Å². The highest BCUT2D eigenvalue weighted by Crippen LogP contribution is 2.34. The molecule has 0 fully saturated rings. The van der Waals surface area contributed by atoms with Crippen LogP contribution in [0.3, 0.4) is 0 Å². The summed E-state index contributed by atoms with van der Waals surface area (Å²) in [5.74, 6) is -2.75. The zero-order valence-corrected chi connectivity index (χ0v) is 8.97. The first kappa shape index (κ1) is 13.5. The third kappa shape index (κ3) is 3.45. The second-order valence-electron chi connectivity index (χ2n) is 3.22. The fourth-order valence-electron chi connectivity index (χ4n) is 1.16. The van der Waals surface area contributed by atoms with Crippen LogP contribution in [-0.4, -0.2) is 16.9 Å². The molecule has 1 rings (SSSR count). The lowest BCUT2D eigenvalue weighted by molar-refractivity contribution is -0.148. The van der Waals surface area contributed by atoms with Gasteiger partial charge in [0.25, 0.3) is 0 Å². The average Bonchev–Trinajstić information content (AvgIpc) is 2.15. The fraction of sp³-hybridized carbons (Fsp3) is 0.200. The Morgan fingerprint density at radius 3 is 2.29 bits per heavy atom.